The van der Waals surface area contributed by atoms with Gasteiger partial charge in [0.15, 0.2) is 0 Å². The maximum absolute atomic E-state index is 5.06. The third-order valence-electron chi connectivity index (χ3n) is 3.09. The number of rotatable bonds is 7. The van der Waals surface area contributed by atoms with Crippen molar-refractivity contribution in [2.75, 3.05) is 32.6 Å². The third kappa shape index (κ3) is 4.61. The van der Waals surface area contributed by atoms with E-state index in [2.05, 4.69) is 36.1 Å². The molecule has 0 saturated carbocycles. The number of anilines is 1. The highest BCUT2D eigenvalue weighted by atomic mass is 16.5. The first-order valence-electron chi connectivity index (χ1n) is 6.11. The molecule has 0 radical (unpaired) electrons. The molecule has 4 heteroatoms. The van der Waals surface area contributed by atoms with Crippen molar-refractivity contribution in [2.24, 2.45) is 0 Å². The number of pyridine rings is 1. The highest BCUT2D eigenvalue weighted by Gasteiger charge is 2.05. The van der Waals surface area contributed by atoms with Crippen LogP contribution in [0.3, 0.4) is 0 Å². The van der Waals surface area contributed by atoms with Gasteiger partial charge in [0.1, 0.15) is 11.6 Å². The van der Waals surface area contributed by atoms with E-state index in [1.165, 1.54) is 6.42 Å². The minimum atomic E-state index is 0.626. The Morgan fingerprint density at radius 1 is 1.47 bits per heavy atom. The van der Waals surface area contributed by atoms with Gasteiger partial charge in [0.2, 0.25) is 0 Å². The fourth-order valence-corrected chi connectivity index (χ4v) is 1.50. The number of hydrogen-bond donors (Lipinski definition) is 1. The first-order chi connectivity index (χ1) is 8.17. The molecule has 1 atom stereocenters. The topological polar surface area (TPSA) is 37.4 Å². The van der Waals surface area contributed by atoms with Crippen molar-refractivity contribution in [3.05, 3.63) is 18.3 Å². The van der Waals surface area contributed by atoms with Crippen LogP contribution in [0.1, 0.15) is 20.3 Å². The molecule has 0 bridgehead atoms. The SMILES string of the molecule is CCC(C)N(C)CCNc1ccc(OC)cn1. The van der Waals surface area contributed by atoms with Crippen LogP contribution in [0.5, 0.6) is 5.75 Å². The van der Waals surface area contributed by atoms with Crippen molar-refractivity contribution in [3.8, 4) is 5.75 Å². The number of hydrogen-bond acceptors (Lipinski definition) is 4. The number of methoxy groups -OCH3 is 1. The summed E-state index contributed by atoms with van der Waals surface area (Å²) in [7, 11) is 3.79. The van der Waals surface area contributed by atoms with E-state index in [1.807, 2.05) is 12.1 Å². The second-order valence-electron chi connectivity index (χ2n) is 4.25. The van der Waals surface area contributed by atoms with E-state index in [1.54, 1.807) is 13.3 Å². The maximum atomic E-state index is 5.06. The average molecular weight is 237 g/mol. The Morgan fingerprint density at radius 2 is 2.24 bits per heavy atom. The second kappa shape index (κ2) is 7.12. The van der Waals surface area contributed by atoms with Gasteiger partial charge in [0, 0.05) is 19.1 Å². The van der Waals surface area contributed by atoms with E-state index in [9.17, 15) is 0 Å². The number of nitrogens with one attached hydrogen (secondary N) is 1. The lowest BCUT2D eigenvalue weighted by atomic mass is 10.2. The summed E-state index contributed by atoms with van der Waals surface area (Å²) in [5.74, 6) is 1.68. The van der Waals surface area contributed by atoms with Gasteiger partial charge in [-0.2, -0.15) is 0 Å². The lowest BCUT2D eigenvalue weighted by Gasteiger charge is -2.23. The number of nitrogens with zero attached hydrogens (tertiary/aromatic N) is 2. The fraction of sp³-hybridized carbons (Fsp3) is 0.615. The molecule has 4 nitrogen and oxygen atoms in total. The van der Waals surface area contributed by atoms with Gasteiger partial charge in [0.25, 0.3) is 0 Å². The quantitative estimate of drug-likeness (QED) is 0.789. The summed E-state index contributed by atoms with van der Waals surface area (Å²) >= 11 is 0. The molecule has 0 amide bonds. The van der Waals surface area contributed by atoms with Gasteiger partial charge in [-0.15, -0.1) is 0 Å². The highest BCUT2D eigenvalue weighted by Crippen LogP contribution is 2.10. The predicted octanol–water partition coefficient (Wildman–Crippen LogP) is 2.23. The summed E-state index contributed by atoms with van der Waals surface area (Å²) in [5.41, 5.74) is 0. The number of likely N-dealkylation sites (N-methyl/N-ethyl adjacent to an activating group) is 1. The standard InChI is InChI=1S/C13H23N3O/c1-5-11(2)16(3)9-8-14-13-7-6-12(17-4)10-15-13/h6-7,10-11H,5,8-9H2,1-4H3,(H,14,15). The molecule has 0 spiro atoms. The minimum Gasteiger partial charge on any atom is -0.495 e. The van der Waals surface area contributed by atoms with E-state index in [-0.39, 0.29) is 0 Å². The van der Waals surface area contributed by atoms with Crippen LogP contribution in [0.4, 0.5) is 5.82 Å². The molecule has 1 heterocycles. The highest BCUT2D eigenvalue weighted by molar-refractivity contribution is 5.37. The van der Waals surface area contributed by atoms with Crippen LogP contribution in [0.25, 0.3) is 0 Å². The van der Waals surface area contributed by atoms with E-state index in [0.29, 0.717) is 6.04 Å². The monoisotopic (exact) mass is 237 g/mol. The number of aromatic nitrogens is 1. The van der Waals surface area contributed by atoms with Crippen LogP contribution in [0.2, 0.25) is 0 Å². The van der Waals surface area contributed by atoms with Gasteiger partial charge < -0.3 is 15.0 Å². The molecule has 0 aromatic carbocycles. The van der Waals surface area contributed by atoms with Gasteiger partial charge in [-0.05, 0) is 32.5 Å². The van der Waals surface area contributed by atoms with Gasteiger partial charge >= 0.3 is 0 Å². The normalized spacial score (nSPS) is 12.5. The van der Waals surface area contributed by atoms with E-state index < -0.39 is 0 Å². The molecule has 0 fully saturated rings. The second-order valence-corrected chi connectivity index (χ2v) is 4.25. The average Bonchev–Trinajstić information content (AvgIpc) is 2.38. The Morgan fingerprint density at radius 3 is 2.76 bits per heavy atom. The first-order valence-corrected chi connectivity index (χ1v) is 6.11. The van der Waals surface area contributed by atoms with Crippen LogP contribution in [-0.2, 0) is 0 Å². The van der Waals surface area contributed by atoms with E-state index in [4.69, 9.17) is 4.74 Å². The van der Waals surface area contributed by atoms with E-state index >= 15 is 0 Å². The van der Waals surface area contributed by atoms with Crippen molar-refractivity contribution in [1.82, 2.24) is 9.88 Å². The van der Waals surface area contributed by atoms with E-state index in [0.717, 1.165) is 24.7 Å². The predicted molar refractivity (Wildman–Crippen MR) is 71.7 cm³/mol. The zero-order chi connectivity index (χ0) is 12.7. The Balaban J connectivity index is 2.30. The molecule has 1 aromatic rings. The van der Waals surface area contributed by atoms with Crippen molar-refractivity contribution < 1.29 is 4.74 Å². The summed E-state index contributed by atoms with van der Waals surface area (Å²) in [4.78, 5) is 6.60. The molecule has 0 aliphatic heterocycles. The molecule has 1 N–H and O–H groups in total. The molecular formula is C13H23N3O. The Kier molecular flexibility index (Phi) is 5.77. The van der Waals surface area contributed by atoms with Crippen LogP contribution in [0.15, 0.2) is 18.3 Å². The Hall–Kier alpha value is -1.29. The number of ether oxygens (including phenoxy) is 1. The third-order valence-corrected chi connectivity index (χ3v) is 3.09. The summed E-state index contributed by atoms with van der Waals surface area (Å²) in [6, 6.07) is 4.47. The maximum Gasteiger partial charge on any atom is 0.137 e. The fourth-order valence-electron chi connectivity index (χ4n) is 1.50. The molecule has 0 aliphatic rings. The molecule has 0 aliphatic carbocycles. The lowest BCUT2D eigenvalue weighted by Crippen LogP contribution is -2.32. The van der Waals surface area contributed by atoms with Crippen molar-refractivity contribution >= 4 is 5.82 Å². The first kappa shape index (κ1) is 13.8. The molecule has 1 rings (SSSR count). The van der Waals surface area contributed by atoms with Gasteiger partial charge in [0.05, 0.1) is 13.3 Å². The zero-order valence-corrected chi connectivity index (χ0v) is 11.2. The lowest BCUT2D eigenvalue weighted by molar-refractivity contribution is 0.261. The smallest absolute Gasteiger partial charge is 0.137 e. The Bertz CT molecular complexity index is 313. The molecule has 17 heavy (non-hydrogen) atoms. The molecule has 0 saturated heterocycles. The van der Waals surface area contributed by atoms with Crippen LogP contribution >= 0.6 is 0 Å². The summed E-state index contributed by atoms with van der Waals surface area (Å²) in [5, 5.41) is 3.30. The van der Waals surface area contributed by atoms with Crippen molar-refractivity contribution in [2.45, 2.75) is 26.3 Å². The molecule has 96 valence electrons. The summed E-state index contributed by atoms with van der Waals surface area (Å²) in [6.07, 6.45) is 2.90. The molecule has 1 unspecified atom stereocenters. The summed E-state index contributed by atoms with van der Waals surface area (Å²) in [6.45, 7) is 6.37. The Labute approximate surface area is 104 Å². The van der Waals surface area contributed by atoms with Crippen LogP contribution in [-0.4, -0.2) is 43.2 Å². The molecular weight excluding hydrogens is 214 g/mol. The van der Waals surface area contributed by atoms with Crippen molar-refractivity contribution in [3.63, 3.8) is 0 Å². The van der Waals surface area contributed by atoms with Crippen molar-refractivity contribution in [1.29, 1.82) is 0 Å². The van der Waals surface area contributed by atoms with Gasteiger partial charge in [-0.25, -0.2) is 4.98 Å². The summed E-state index contributed by atoms with van der Waals surface area (Å²) < 4.78 is 5.06. The van der Waals surface area contributed by atoms with Gasteiger partial charge in [-0.3, -0.25) is 0 Å². The van der Waals surface area contributed by atoms with Crippen LogP contribution < -0.4 is 10.1 Å². The largest absolute Gasteiger partial charge is 0.495 e. The van der Waals surface area contributed by atoms with Crippen LogP contribution in [0, 0.1) is 0 Å². The van der Waals surface area contributed by atoms with Gasteiger partial charge in [-0.1, -0.05) is 6.92 Å². The zero-order valence-electron chi connectivity index (χ0n) is 11.2. The minimum absolute atomic E-state index is 0.626. The molecule has 1 aromatic heterocycles.